The normalized spacial score (nSPS) is 10.8. The zero-order chi connectivity index (χ0) is 19.9. The molecule has 1 N–H and O–H groups in total. The molecule has 28 heavy (non-hydrogen) atoms. The highest BCUT2D eigenvalue weighted by Gasteiger charge is 2.09. The molecular weight excluding hydrogens is 364 g/mol. The van der Waals surface area contributed by atoms with Crippen LogP contribution in [-0.4, -0.2) is 28.1 Å². The molecule has 9 heteroatoms. The van der Waals surface area contributed by atoms with Crippen molar-refractivity contribution in [3.05, 3.63) is 76.2 Å². The fourth-order valence-corrected chi connectivity index (χ4v) is 2.32. The Morgan fingerprint density at radius 2 is 2.07 bits per heavy atom. The van der Waals surface area contributed by atoms with Crippen molar-refractivity contribution in [3.8, 4) is 17.1 Å². The Hall–Kier alpha value is -4.01. The summed E-state index contributed by atoms with van der Waals surface area (Å²) in [6.45, 7) is 0.0568. The Bertz CT molecular complexity index is 1010. The minimum absolute atomic E-state index is 0.0421. The first kappa shape index (κ1) is 18.8. The number of hydrogen-bond acceptors (Lipinski definition) is 7. The maximum Gasteiger partial charge on any atom is 0.270 e. The van der Waals surface area contributed by atoms with Gasteiger partial charge in [-0.15, -0.1) is 0 Å². The van der Waals surface area contributed by atoms with E-state index >= 15 is 0 Å². The Morgan fingerprint density at radius 1 is 1.29 bits per heavy atom. The van der Waals surface area contributed by atoms with Gasteiger partial charge < -0.3 is 14.6 Å². The molecule has 0 saturated heterocycles. The van der Waals surface area contributed by atoms with Crippen molar-refractivity contribution in [2.45, 2.75) is 6.54 Å². The van der Waals surface area contributed by atoms with Crippen LogP contribution in [0.1, 0.15) is 11.5 Å². The predicted molar refractivity (Wildman–Crippen MR) is 100 cm³/mol. The summed E-state index contributed by atoms with van der Waals surface area (Å²) in [7, 11) is 1.58. The average Bonchev–Trinajstić information content (AvgIpc) is 3.20. The molecule has 9 nitrogen and oxygen atoms in total. The van der Waals surface area contributed by atoms with Crippen LogP contribution in [0.25, 0.3) is 17.5 Å². The number of nitro benzene ring substituents is 1. The van der Waals surface area contributed by atoms with Gasteiger partial charge in [0.05, 0.1) is 18.6 Å². The standard InChI is InChI=1S/C19H16N4O5/c1-27-16-8-6-14(7-9-16)19-21-18(28-22-19)12-20-17(24)10-5-13-3-2-4-15(11-13)23(25)26/h2-11H,12H2,1H3,(H,20,24)/b10-5+. The van der Waals surface area contributed by atoms with Gasteiger partial charge >= 0.3 is 0 Å². The molecule has 0 unspecified atom stereocenters. The summed E-state index contributed by atoms with van der Waals surface area (Å²) in [4.78, 5) is 26.4. The fraction of sp³-hybridized carbons (Fsp3) is 0.105. The molecule has 0 spiro atoms. The fourth-order valence-electron chi connectivity index (χ4n) is 2.32. The molecule has 3 aromatic rings. The Morgan fingerprint density at radius 3 is 2.79 bits per heavy atom. The van der Waals surface area contributed by atoms with Crippen LogP contribution in [0, 0.1) is 10.1 Å². The number of non-ortho nitro benzene ring substituents is 1. The molecule has 0 saturated carbocycles. The van der Waals surface area contributed by atoms with Crippen molar-refractivity contribution in [2.75, 3.05) is 7.11 Å². The van der Waals surface area contributed by atoms with Gasteiger partial charge in [0.2, 0.25) is 17.6 Å². The van der Waals surface area contributed by atoms with Crippen LogP contribution in [0.3, 0.4) is 0 Å². The third-order valence-electron chi connectivity index (χ3n) is 3.74. The van der Waals surface area contributed by atoms with Gasteiger partial charge in [-0.05, 0) is 35.9 Å². The highest BCUT2D eigenvalue weighted by atomic mass is 16.6. The lowest BCUT2D eigenvalue weighted by Crippen LogP contribution is -2.20. The topological polar surface area (TPSA) is 120 Å². The lowest BCUT2D eigenvalue weighted by molar-refractivity contribution is -0.384. The van der Waals surface area contributed by atoms with Gasteiger partial charge in [-0.3, -0.25) is 14.9 Å². The number of rotatable bonds is 7. The number of nitrogens with one attached hydrogen (secondary N) is 1. The van der Waals surface area contributed by atoms with E-state index in [0.717, 1.165) is 11.3 Å². The van der Waals surface area contributed by atoms with Crippen LogP contribution in [0.4, 0.5) is 5.69 Å². The number of benzene rings is 2. The van der Waals surface area contributed by atoms with Gasteiger partial charge in [-0.25, -0.2) is 0 Å². The lowest BCUT2D eigenvalue weighted by Gasteiger charge is -1.99. The van der Waals surface area contributed by atoms with Crippen molar-refractivity contribution in [2.24, 2.45) is 0 Å². The van der Waals surface area contributed by atoms with Gasteiger partial charge in [-0.1, -0.05) is 17.3 Å². The number of hydrogen-bond donors (Lipinski definition) is 1. The molecule has 0 aliphatic heterocycles. The molecule has 0 aliphatic carbocycles. The first-order chi connectivity index (χ1) is 13.5. The minimum atomic E-state index is -0.493. The van der Waals surface area contributed by atoms with Crippen molar-refractivity contribution in [3.63, 3.8) is 0 Å². The van der Waals surface area contributed by atoms with Crippen molar-refractivity contribution in [1.29, 1.82) is 0 Å². The predicted octanol–water partition coefficient (Wildman–Crippen LogP) is 2.98. The second-order valence-corrected chi connectivity index (χ2v) is 5.64. The lowest BCUT2D eigenvalue weighted by atomic mass is 10.2. The van der Waals surface area contributed by atoms with Gasteiger partial charge in [-0.2, -0.15) is 4.98 Å². The summed E-state index contributed by atoms with van der Waals surface area (Å²) in [5.41, 5.74) is 1.26. The van der Waals surface area contributed by atoms with Crippen LogP contribution in [0.15, 0.2) is 59.1 Å². The highest BCUT2D eigenvalue weighted by molar-refractivity contribution is 5.91. The van der Waals surface area contributed by atoms with Gasteiger partial charge in [0.25, 0.3) is 5.69 Å². The van der Waals surface area contributed by atoms with E-state index in [0.29, 0.717) is 11.4 Å². The Kier molecular flexibility index (Phi) is 5.75. The van der Waals surface area contributed by atoms with Crippen molar-refractivity contribution < 1.29 is 19.0 Å². The number of amides is 1. The number of ether oxygens (including phenoxy) is 1. The molecule has 3 rings (SSSR count). The molecule has 1 heterocycles. The monoisotopic (exact) mass is 380 g/mol. The number of methoxy groups -OCH3 is 1. The van der Waals surface area contributed by atoms with Gasteiger partial charge in [0.15, 0.2) is 0 Å². The first-order valence-corrected chi connectivity index (χ1v) is 8.22. The van der Waals surface area contributed by atoms with Gasteiger partial charge in [0, 0.05) is 23.8 Å². The molecule has 1 amide bonds. The Balaban J connectivity index is 1.57. The summed E-state index contributed by atoms with van der Waals surface area (Å²) in [5.74, 6) is 0.980. The average molecular weight is 380 g/mol. The van der Waals surface area contributed by atoms with E-state index in [-0.39, 0.29) is 18.1 Å². The summed E-state index contributed by atoms with van der Waals surface area (Å²) in [5, 5.41) is 17.3. The molecular formula is C19H16N4O5. The number of carbonyl (C=O) groups is 1. The summed E-state index contributed by atoms with van der Waals surface area (Å²) >= 11 is 0. The first-order valence-electron chi connectivity index (χ1n) is 8.22. The molecule has 0 fully saturated rings. The molecule has 0 bridgehead atoms. The smallest absolute Gasteiger partial charge is 0.270 e. The quantitative estimate of drug-likeness (QED) is 0.380. The molecule has 2 aromatic carbocycles. The maximum absolute atomic E-state index is 11.9. The van der Waals surface area contributed by atoms with Crippen LogP contribution in [0.5, 0.6) is 5.75 Å². The third-order valence-corrected chi connectivity index (χ3v) is 3.74. The van der Waals surface area contributed by atoms with E-state index in [4.69, 9.17) is 9.26 Å². The zero-order valence-electron chi connectivity index (χ0n) is 14.9. The summed E-state index contributed by atoms with van der Waals surface area (Å²) < 4.78 is 10.2. The van der Waals surface area contributed by atoms with Crippen LogP contribution in [-0.2, 0) is 11.3 Å². The second-order valence-electron chi connectivity index (χ2n) is 5.64. The third kappa shape index (κ3) is 4.79. The second kappa shape index (κ2) is 8.58. The van der Waals surface area contributed by atoms with E-state index < -0.39 is 10.8 Å². The van der Waals surface area contributed by atoms with E-state index in [2.05, 4.69) is 15.5 Å². The van der Waals surface area contributed by atoms with Crippen LogP contribution >= 0.6 is 0 Å². The maximum atomic E-state index is 11.9. The summed E-state index contributed by atoms with van der Waals surface area (Å²) in [6, 6.07) is 13.1. The minimum Gasteiger partial charge on any atom is -0.497 e. The van der Waals surface area contributed by atoms with Crippen molar-refractivity contribution in [1.82, 2.24) is 15.5 Å². The summed E-state index contributed by atoms with van der Waals surface area (Å²) in [6.07, 6.45) is 2.76. The molecule has 142 valence electrons. The van der Waals surface area contributed by atoms with E-state index in [9.17, 15) is 14.9 Å². The largest absolute Gasteiger partial charge is 0.497 e. The molecule has 0 atom stereocenters. The number of nitro groups is 1. The van der Waals surface area contributed by atoms with Gasteiger partial charge in [0.1, 0.15) is 5.75 Å². The number of carbonyl (C=O) groups excluding carboxylic acids is 1. The number of aromatic nitrogens is 2. The van der Waals surface area contributed by atoms with E-state index in [1.165, 1.54) is 24.3 Å². The van der Waals surface area contributed by atoms with Crippen molar-refractivity contribution >= 4 is 17.7 Å². The zero-order valence-corrected chi connectivity index (χ0v) is 14.9. The van der Waals surface area contributed by atoms with E-state index in [1.807, 2.05) is 0 Å². The highest BCUT2D eigenvalue weighted by Crippen LogP contribution is 2.19. The van der Waals surface area contributed by atoms with E-state index in [1.54, 1.807) is 43.5 Å². The molecule has 0 radical (unpaired) electrons. The number of nitrogens with zero attached hydrogens (tertiary/aromatic N) is 3. The Labute approximate surface area is 159 Å². The van der Waals surface area contributed by atoms with Crippen LogP contribution < -0.4 is 10.1 Å². The SMILES string of the molecule is COc1ccc(-c2noc(CNC(=O)/C=C/c3cccc([N+](=O)[O-])c3)n2)cc1. The molecule has 0 aliphatic rings. The van der Waals surface area contributed by atoms with Crippen LogP contribution in [0.2, 0.25) is 0 Å². The molecule has 1 aromatic heterocycles.